The van der Waals surface area contributed by atoms with Crippen molar-refractivity contribution in [2.75, 3.05) is 31.9 Å². The summed E-state index contributed by atoms with van der Waals surface area (Å²) in [5.41, 5.74) is 2.21. The molecule has 1 aromatic heterocycles. The van der Waals surface area contributed by atoms with Gasteiger partial charge in [-0.2, -0.15) is 0 Å². The lowest BCUT2D eigenvalue weighted by Gasteiger charge is -2.26. The molecule has 0 aliphatic carbocycles. The molecule has 0 atom stereocenters. The van der Waals surface area contributed by atoms with Crippen LogP contribution >= 0.6 is 11.8 Å². The van der Waals surface area contributed by atoms with Crippen LogP contribution in [-0.2, 0) is 4.79 Å². The Hall–Kier alpha value is -1.86. The van der Waals surface area contributed by atoms with Gasteiger partial charge in [-0.05, 0) is 58.0 Å². The van der Waals surface area contributed by atoms with Crippen molar-refractivity contribution < 1.29 is 4.79 Å². The lowest BCUT2D eigenvalue weighted by atomic mass is 10.1. The standard InChI is InChI=1S/C19H27N5OS/c1-16-6-8-17(9-7-16)24-15-21-22-19(24)26-14-18(25)20-10-5-13-23-11-3-2-4-12-23/h6-9,15H,2-5,10-14H2,1H3,(H,20,25). The summed E-state index contributed by atoms with van der Waals surface area (Å²) in [4.78, 5) is 14.6. The maximum absolute atomic E-state index is 12.1. The lowest BCUT2D eigenvalue weighted by molar-refractivity contribution is -0.118. The summed E-state index contributed by atoms with van der Waals surface area (Å²) in [6.45, 7) is 6.29. The number of thioether (sulfide) groups is 1. The monoisotopic (exact) mass is 373 g/mol. The fourth-order valence-corrected chi connectivity index (χ4v) is 3.86. The number of hydrogen-bond donors (Lipinski definition) is 1. The van der Waals surface area contributed by atoms with Crippen molar-refractivity contribution in [1.29, 1.82) is 0 Å². The molecule has 1 aromatic carbocycles. The van der Waals surface area contributed by atoms with Gasteiger partial charge in [-0.15, -0.1) is 10.2 Å². The van der Waals surface area contributed by atoms with Crippen molar-refractivity contribution in [3.63, 3.8) is 0 Å². The van der Waals surface area contributed by atoms with Gasteiger partial charge in [-0.25, -0.2) is 0 Å². The molecule has 1 N–H and O–H groups in total. The van der Waals surface area contributed by atoms with Gasteiger partial charge in [-0.1, -0.05) is 35.9 Å². The van der Waals surface area contributed by atoms with E-state index in [2.05, 4.69) is 39.5 Å². The number of aryl methyl sites for hydroxylation is 1. The minimum atomic E-state index is 0.0482. The van der Waals surface area contributed by atoms with E-state index in [9.17, 15) is 4.79 Å². The molecule has 0 radical (unpaired) electrons. The Bertz CT molecular complexity index is 694. The first-order valence-corrected chi connectivity index (χ1v) is 10.3. The van der Waals surface area contributed by atoms with E-state index in [1.807, 2.05) is 16.7 Å². The highest BCUT2D eigenvalue weighted by Gasteiger charge is 2.11. The van der Waals surface area contributed by atoms with Crippen LogP contribution in [-0.4, -0.2) is 57.5 Å². The molecular formula is C19H27N5OS. The summed E-state index contributed by atoms with van der Waals surface area (Å²) in [6, 6.07) is 8.17. The quantitative estimate of drug-likeness (QED) is 0.569. The molecule has 0 spiro atoms. The third kappa shape index (κ3) is 5.57. The summed E-state index contributed by atoms with van der Waals surface area (Å²) in [6.07, 6.45) is 6.67. The van der Waals surface area contributed by atoms with Crippen LogP contribution in [0, 0.1) is 6.92 Å². The van der Waals surface area contributed by atoms with Crippen LogP contribution in [0.25, 0.3) is 5.69 Å². The van der Waals surface area contributed by atoms with Crippen molar-refractivity contribution >= 4 is 17.7 Å². The Morgan fingerprint density at radius 2 is 1.96 bits per heavy atom. The molecule has 1 aliphatic rings. The van der Waals surface area contributed by atoms with Crippen molar-refractivity contribution in [3.05, 3.63) is 36.2 Å². The van der Waals surface area contributed by atoms with Crippen molar-refractivity contribution in [2.24, 2.45) is 0 Å². The van der Waals surface area contributed by atoms with Crippen LogP contribution in [0.4, 0.5) is 0 Å². The van der Waals surface area contributed by atoms with E-state index in [0.717, 1.165) is 30.4 Å². The Kier molecular flexibility index (Phi) is 7.08. The molecule has 6 nitrogen and oxygen atoms in total. The second-order valence-corrected chi connectivity index (χ2v) is 7.66. The van der Waals surface area contributed by atoms with E-state index >= 15 is 0 Å². The summed E-state index contributed by atoms with van der Waals surface area (Å²) in [7, 11) is 0. The van der Waals surface area contributed by atoms with Crippen molar-refractivity contribution in [2.45, 2.75) is 37.8 Å². The number of carbonyl (C=O) groups is 1. The topological polar surface area (TPSA) is 63.1 Å². The van der Waals surface area contributed by atoms with Gasteiger partial charge in [0, 0.05) is 12.2 Å². The molecule has 1 aliphatic heterocycles. The smallest absolute Gasteiger partial charge is 0.230 e. The number of nitrogens with zero attached hydrogens (tertiary/aromatic N) is 4. The van der Waals surface area contributed by atoms with Gasteiger partial charge >= 0.3 is 0 Å². The molecule has 7 heteroatoms. The number of amides is 1. The van der Waals surface area contributed by atoms with Crippen LogP contribution in [0.2, 0.25) is 0 Å². The van der Waals surface area contributed by atoms with E-state index in [1.54, 1.807) is 6.33 Å². The number of nitrogens with one attached hydrogen (secondary N) is 1. The Balaban J connectivity index is 1.39. The first-order chi connectivity index (χ1) is 12.7. The van der Waals surface area contributed by atoms with E-state index in [0.29, 0.717) is 5.75 Å². The third-order valence-corrected chi connectivity index (χ3v) is 5.53. The number of piperidine rings is 1. The van der Waals surface area contributed by atoms with Crippen LogP contribution in [0.15, 0.2) is 35.7 Å². The third-order valence-electron chi connectivity index (χ3n) is 4.58. The molecule has 1 fully saturated rings. The lowest BCUT2D eigenvalue weighted by Crippen LogP contribution is -2.33. The zero-order valence-corrected chi connectivity index (χ0v) is 16.2. The van der Waals surface area contributed by atoms with E-state index in [-0.39, 0.29) is 5.91 Å². The highest BCUT2D eigenvalue weighted by molar-refractivity contribution is 7.99. The highest BCUT2D eigenvalue weighted by Crippen LogP contribution is 2.19. The second-order valence-electron chi connectivity index (χ2n) is 6.71. The number of likely N-dealkylation sites (tertiary alicyclic amines) is 1. The summed E-state index contributed by atoms with van der Waals surface area (Å²) in [5.74, 6) is 0.404. The number of benzene rings is 1. The zero-order valence-electron chi connectivity index (χ0n) is 15.4. The summed E-state index contributed by atoms with van der Waals surface area (Å²) < 4.78 is 1.91. The average Bonchev–Trinajstić information content (AvgIpc) is 3.14. The van der Waals surface area contributed by atoms with Crippen LogP contribution in [0.3, 0.4) is 0 Å². The number of carbonyl (C=O) groups excluding carboxylic acids is 1. The Labute approximate surface area is 159 Å². The summed E-state index contributed by atoms with van der Waals surface area (Å²) >= 11 is 1.41. The predicted molar refractivity (Wildman–Crippen MR) is 105 cm³/mol. The van der Waals surface area contributed by atoms with Crippen molar-refractivity contribution in [1.82, 2.24) is 25.0 Å². The minimum Gasteiger partial charge on any atom is -0.355 e. The van der Waals surface area contributed by atoms with E-state index < -0.39 is 0 Å². The number of hydrogen-bond acceptors (Lipinski definition) is 5. The fraction of sp³-hybridized carbons (Fsp3) is 0.526. The molecule has 140 valence electrons. The van der Waals surface area contributed by atoms with Gasteiger partial charge in [0.25, 0.3) is 0 Å². The average molecular weight is 374 g/mol. The van der Waals surface area contributed by atoms with Gasteiger partial charge < -0.3 is 10.2 Å². The molecule has 1 saturated heterocycles. The van der Waals surface area contributed by atoms with E-state index in [1.165, 1.54) is 49.7 Å². The van der Waals surface area contributed by atoms with E-state index in [4.69, 9.17) is 0 Å². The minimum absolute atomic E-state index is 0.0482. The van der Waals surface area contributed by atoms with Gasteiger partial charge in [0.2, 0.25) is 5.91 Å². The molecule has 0 saturated carbocycles. The molecule has 1 amide bonds. The maximum atomic E-state index is 12.1. The largest absolute Gasteiger partial charge is 0.355 e. The SMILES string of the molecule is Cc1ccc(-n2cnnc2SCC(=O)NCCCN2CCCCC2)cc1. The molecular weight excluding hydrogens is 346 g/mol. The molecule has 0 bridgehead atoms. The fourth-order valence-electron chi connectivity index (χ4n) is 3.10. The first-order valence-electron chi connectivity index (χ1n) is 9.31. The Morgan fingerprint density at radius 3 is 2.73 bits per heavy atom. The molecule has 26 heavy (non-hydrogen) atoms. The molecule has 2 aromatic rings. The van der Waals surface area contributed by atoms with Gasteiger partial charge in [0.05, 0.1) is 5.75 Å². The zero-order chi connectivity index (χ0) is 18.2. The normalized spacial score (nSPS) is 15.1. The van der Waals surface area contributed by atoms with Crippen LogP contribution in [0.5, 0.6) is 0 Å². The summed E-state index contributed by atoms with van der Waals surface area (Å²) in [5, 5.41) is 11.9. The maximum Gasteiger partial charge on any atom is 0.230 e. The molecule has 2 heterocycles. The van der Waals surface area contributed by atoms with Crippen molar-refractivity contribution in [3.8, 4) is 5.69 Å². The van der Waals surface area contributed by atoms with Crippen LogP contribution in [0.1, 0.15) is 31.2 Å². The number of rotatable bonds is 8. The first kappa shape index (κ1) is 18.9. The van der Waals surface area contributed by atoms with Gasteiger partial charge in [0.1, 0.15) is 6.33 Å². The highest BCUT2D eigenvalue weighted by atomic mass is 32.2. The number of aromatic nitrogens is 3. The van der Waals surface area contributed by atoms with Crippen LogP contribution < -0.4 is 5.32 Å². The van der Waals surface area contributed by atoms with Gasteiger partial charge in [-0.3, -0.25) is 9.36 Å². The van der Waals surface area contributed by atoms with Gasteiger partial charge in [0.15, 0.2) is 5.16 Å². The molecule has 0 unspecified atom stereocenters. The predicted octanol–water partition coefficient (Wildman–Crippen LogP) is 2.66. The second kappa shape index (κ2) is 9.73. The molecule has 3 rings (SSSR count). The Morgan fingerprint density at radius 1 is 1.19 bits per heavy atom.